The first-order valence-electron chi connectivity index (χ1n) is 6.31. The van der Waals surface area contributed by atoms with Gasteiger partial charge in [-0.1, -0.05) is 11.6 Å². The van der Waals surface area contributed by atoms with Crippen molar-refractivity contribution in [3.63, 3.8) is 0 Å². The van der Waals surface area contributed by atoms with Gasteiger partial charge in [-0.25, -0.2) is 4.79 Å². The second kappa shape index (κ2) is 6.49. The van der Waals surface area contributed by atoms with Crippen LogP contribution in [-0.2, 0) is 13.2 Å². The highest BCUT2D eigenvalue weighted by Gasteiger charge is 2.14. The molecule has 0 fully saturated rings. The minimum atomic E-state index is -1.08. The molecule has 2 rings (SSSR count). The fraction of sp³-hybridized carbons (Fsp3) is 0.286. The van der Waals surface area contributed by atoms with Crippen LogP contribution in [0.4, 0.5) is 0 Å². The zero-order chi connectivity index (χ0) is 15.6. The van der Waals surface area contributed by atoms with Gasteiger partial charge in [-0.2, -0.15) is 5.10 Å². The average Bonchev–Trinajstić information content (AvgIpc) is 2.73. The third-order valence-electron chi connectivity index (χ3n) is 3.00. The number of aromatic nitrogens is 2. The first kappa shape index (κ1) is 15.9. The fourth-order valence-electron chi connectivity index (χ4n) is 1.92. The number of nitrogens with zero attached hydrogens (tertiary/aromatic N) is 2. The molecule has 0 aliphatic rings. The van der Waals surface area contributed by atoms with Gasteiger partial charge in [0.05, 0.1) is 26.4 Å². The van der Waals surface area contributed by atoms with Gasteiger partial charge in [-0.3, -0.25) is 4.68 Å². The number of aryl methyl sites for hydroxylation is 2. The molecule has 0 atom stereocenters. The number of hydrogen-bond acceptors (Lipinski definition) is 3. The Labute approximate surface area is 135 Å². The second-order valence-corrected chi connectivity index (χ2v) is 5.60. The molecule has 1 N–H and O–H groups in total. The highest BCUT2D eigenvalue weighted by Crippen LogP contribution is 2.25. The van der Waals surface area contributed by atoms with Crippen LogP contribution in [0.2, 0.25) is 5.02 Å². The van der Waals surface area contributed by atoms with Crippen molar-refractivity contribution in [3.05, 3.63) is 44.6 Å². The Kier molecular flexibility index (Phi) is 4.90. The number of ether oxygens (including phenoxy) is 1. The topological polar surface area (TPSA) is 64.4 Å². The summed E-state index contributed by atoms with van der Waals surface area (Å²) in [6, 6.07) is 4.57. The van der Waals surface area contributed by atoms with Gasteiger partial charge in [0, 0.05) is 6.54 Å². The summed E-state index contributed by atoms with van der Waals surface area (Å²) in [6.45, 7) is 4.92. The minimum absolute atomic E-state index is 0.0217. The SMILES string of the molecule is CCn1nc(C)c(Br)c1COc1ccc(Cl)c(C(=O)O)c1. The van der Waals surface area contributed by atoms with Crippen LogP contribution in [0.5, 0.6) is 5.75 Å². The molecule has 0 amide bonds. The first-order chi connectivity index (χ1) is 9.93. The average molecular weight is 374 g/mol. The smallest absolute Gasteiger partial charge is 0.337 e. The predicted molar refractivity (Wildman–Crippen MR) is 83.1 cm³/mol. The normalized spacial score (nSPS) is 10.7. The first-order valence-corrected chi connectivity index (χ1v) is 7.48. The number of aromatic carboxylic acids is 1. The summed E-state index contributed by atoms with van der Waals surface area (Å²) in [5, 5.41) is 13.6. The van der Waals surface area contributed by atoms with Crippen molar-refractivity contribution in [1.82, 2.24) is 9.78 Å². The van der Waals surface area contributed by atoms with Crippen LogP contribution in [0.25, 0.3) is 0 Å². The Morgan fingerprint density at radius 3 is 2.86 bits per heavy atom. The van der Waals surface area contributed by atoms with Crippen molar-refractivity contribution < 1.29 is 14.6 Å². The van der Waals surface area contributed by atoms with Crippen LogP contribution in [0, 0.1) is 6.92 Å². The van der Waals surface area contributed by atoms with Crippen LogP contribution in [0.15, 0.2) is 22.7 Å². The van der Waals surface area contributed by atoms with Crippen molar-refractivity contribution in [2.45, 2.75) is 27.0 Å². The Balaban J connectivity index is 2.21. The number of carboxylic acids is 1. The lowest BCUT2D eigenvalue weighted by molar-refractivity contribution is 0.0696. The zero-order valence-corrected chi connectivity index (χ0v) is 13.9. The van der Waals surface area contributed by atoms with Gasteiger partial charge >= 0.3 is 5.97 Å². The molecule has 0 radical (unpaired) electrons. The van der Waals surface area contributed by atoms with Crippen LogP contribution in [0.3, 0.4) is 0 Å². The summed E-state index contributed by atoms with van der Waals surface area (Å²) in [5.74, 6) is -0.633. The summed E-state index contributed by atoms with van der Waals surface area (Å²) in [4.78, 5) is 11.0. The van der Waals surface area contributed by atoms with E-state index in [0.29, 0.717) is 5.75 Å². The van der Waals surface area contributed by atoms with E-state index in [1.54, 1.807) is 6.07 Å². The highest BCUT2D eigenvalue weighted by molar-refractivity contribution is 9.10. The third-order valence-corrected chi connectivity index (χ3v) is 4.36. The summed E-state index contributed by atoms with van der Waals surface area (Å²) in [6.07, 6.45) is 0. The minimum Gasteiger partial charge on any atom is -0.487 e. The number of rotatable bonds is 5. The van der Waals surface area contributed by atoms with Gasteiger partial charge in [0.2, 0.25) is 0 Å². The number of halogens is 2. The fourth-order valence-corrected chi connectivity index (χ4v) is 2.51. The van der Waals surface area contributed by atoms with Gasteiger partial charge in [0.15, 0.2) is 0 Å². The van der Waals surface area contributed by atoms with E-state index < -0.39 is 5.97 Å². The standard InChI is InChI=1S/C14H14BrClN2O3/c1-3-18-12(13(15)8(2)17-18)7-21-9-4-5-11(16)10(6-9)14(19)20/h4-6H,3,7H2,1-2H3,(H,19,20). The lowest BCUT2D eigenvalue weighted by atomic mass is 10.2. The van der Waals surface area contributed by atoms with Crippen molar-refractivity contribution >= 4 is 33.5 Å². The highest BCUT2D eigenvalue weighted by atomic mass is 79.9. The van der Waals surface area contributed by atoms with Crippen LogP contribution in [0.1, 0.15) is 28.7 Å². The van der Waals surface area contributed by atoms with Gasteiger partial charge in [0.1, 0.15) is 12.4 Å². The van der Waals surface area contributed by atoms with Crippen LogP contribution < -0.4 is 4.74 Å². The molecule has 1 aromatic heterocycles. The maximum atomic E-state index is 11.0. The number of benzene rings is 1. The Bertz CT molecular complexity index is 685. The van der Waals surface area contributed by atoms with Gasteiger partial charge in [-0.05, 0) is 48.0 Å². The molecule has 0 saturated carbocycles. The Hall–Kier alpha value is -1.53. The largest absolute Gasteiger partial charge is 0.487 e. The summed E-state index contributed by atoms with van der Waals surface area (Å²) >= 11 is 9.31. The van der Waals surface area contributed by atoms with Gasteiger partial charge < -0.3 is 9.84 Å². The Morgan fingerprint density at radius 2 is 2.24 bits per heavy atom. The molecule has 1 heterocycles. The van der Waals surface area contributed by atoms with Crippen molar-refractivity contribution in [2.24, 2.45) is 0 Å². The third kappa shape index (κ3) is 3.39. The monoisotopic (exact) mass is 372 g/mol. The van der Waals surface area contributed by atoms with E-state index in [4.69, 9.17) is 21.4 Å². The number of carbonyl (C=O) groups is 1. The molecule has 21 heavy (non-hydrogen) atoms. The van der Waals surface area contributed by atoms with E-state index in [-0.39, 0.29) is 17.2 Å². The molecule has 0 saturated heterocycles. The van der Waals surface area contributed by atoms with E-state index in [1.165, 1.54) is 12.1 Å². The van der Waals surface area contributed by atoms with E-state index >= 15 is 0 Å². The van der Waals surface area contributed by atoms with Gasteiger partial charge in [0.25, 0.3) is 0 Å². The lowest BCUT2D eigenvalue weighted by Gasteiger charge is -2.09. The summed E-state index contributed by atoms with van der Waals surface area (Å²) in [7, 11) is 0. The van der Waals surface area contributed by atoms with Crippen molar-refractivity contribution in [1.29, 1.82) is 0 Å². The molecule has 1 aromatic carbocycles. The maximum absolute atomic E-state index is 11.0. The molecule has 7 heteroatoms. The molecule has 0 spiro atoms. The number of carboxylic acid groups (broad SMARTS) is 1. The van der Waals surface area contributed by atoms with Crippen LogP contribution >= 0.6 is 27.5 Å². The quantitative estimate of drug-likeness (QED) is 0.863. The molecule has 0 unspecified atom stereocenters. The van der Waals surface area contributed by atoms with E-state index in [2.05, 4.69) is 21.0 Å². The molecule has 5 nitrogen and oxygen atoms in total. The molecule has 2 aromatic rings. The van der Waals surface area contributed by atoms with Gasteiger partial charge in [-0.15, -0.1) is 0 Å². The molecule has 0 aliphatic heterocycles. The van der Waals surface area contributed by atoms with E-state index in [0.717, 1.165) is 22.4 Å². The molecule has 112 valence electrons. The predicted octanol–water partition coefficient (Wildman–Crippen LogP) is 3.90. The molecular weight excluding hydrogens is 360 g/mol. The van der Waals surface area contributed by atoms with E-state index in [1.807, 2.05) is 18.5 Å². The summed E-state index contributed by atoms with van der Waals surface area (Å²) < 4.78 is 8.40. The van der Waals surface area contributed by atoms with Crippen molar-refractivity contribution in [3.8, 4) is 5.75 Å². The Morgan fingerprint density at radius 1 is 1.52 bits per heavy atom. The lowest BCUT2D eigenvalue weighted by Crippen LogP contribution is -2.07. The van der Waals surface area contributed by atoms with E-state index in [9.17, 15) is 4.79 Å². The van der Waals surface area contributed by atoms with Crippen molar-refractivity contribution in [2.75, 3.05) is 0 Å². The van der Waals surface area contributed by atoms with Crippen LogP contribution in [-0.4, -0.2) is 20.9 Å². The molecule has 0 aliphatic carbocycles. The molecule has 0 bridgehead atoms. The summed E-state index contributed by atoms with van der Waals surface area (Å²) in [5.41, 5.74) is 1.81. The second-order valence-electron chi connectivity index (χ2n) is 4.40. The number of hydrogen-bond donors (Lipinski definition) is 1. The molecular formula is C14H14BrClN2O3. The maximum Gasteiger partial charge on any atom is 0.337 e. The zero-order valence-electron chi connectivity index (χ0n) is 11.6.